The number of hydrogen-bond acceptors (Lipinski definition) is 0. The number of halogens is 1. The normalized spacial score (nSPS) is 14.8. The summed E-state index contributed by atoms with van der Waals surface area (Å²) in [7, 11) is 4.62. The van der Waals surface area contributed by atoms with E-state index in [2.05, 4.69) is 84.2 Å². The maximum absolute atomic E-state index is 14.7. The lowest BCUT2D eigenvalue weighted by atomic mass is 9.68. The number of aryl methyl sites for hydroxylation is 1. The van der Waals surface area contributed by atoms with Crippen molar-refractivity contribution in [1.82, 2.24) is 4.57 Å². The van der Waals surface area contributed by atoms with Crippen LogP contribution in [0.2, 0.25) is 0 Å². The van der Waals surface area contributed by atoms with E-state index in [0.717, 1.165) is 17.3 Å². The zero-order valence-corrected chi connectivity index (χ0v) is 17.1. The minimum Gasteiger partial charge on any atom is -0.351 e. The summed E-state index contributed by atoms with van der Waals surface area (Å²) in [6, 6.07) is 18.4. The summed E-state index contributed by atoms with van der Waals surface area (Å²) in [5, 5.41) is 0.879. The lowest BCUT2D eigenvalue weighted by Gasteiger charge is -2.36. The number of hydrogen-bond donors (Lipinski definition) is 0. The molecule has 1 heterocycles. The van der Waals surface area contributed by atoms with Gasteiger partial charge in [0.15, 0.2) is 0 Å². The predicted octanol–water partition coefficient (Wildman–Crippen LogP) is 5.80. The van der Waals surface area contributed by atoms with Crippen molar-refractivity contribution in [3.63, 3.8) is 0 Å². The molecule has 2 aromatic carbocycles. The highest BCUT2D eigenvalue weighted by Gasteiger charge is 2.34. The summed E-state index contributed by atoms with van der Waals surface area (Å²) in [4.78, 5) is 0. The van der Waals surface area contributed by atoms with Crippen LogP contribution >= 0.6 is 9.24 Å². The van der Waals surface area contributed by atoms with Crippen LogP contribution in [-0.4, -0.2) is 4.57 Å². The van der Waals surface area contributed by atoms with Crippen LogP contribution in [0.5, 0.6) is 0 Å². The second-order valence-corrected chi connectivity index (χ2v) is 8.03. The maximum Gasteiger partial charge on any atom is 0.127 e. The minimum atomic E-state index is -0.255. The molecule has 3 atom stereocenters. The molecule has 0 saturated carbocycles. The summed E-state index contributed by atoms with van der Waals surface area (Å²) in [5.74, 6) is 0.0916. The van der Waals surface area contributed by atoms with Gasteiger partial charge in [0.05, 0.1) is 0 Å². The third-order valence-corrected chi connectivity index (χ3v) is 6.31. The Hall–Kier alpha value is -1.92. The van der Waals surface area contributed by atoms with Gasteiger partial charge in [0.1, 0.15) is 5.82 Å². The molecule has 0 aliphatic carbocycles. The molecule has 1 aromatic heterocycles. The van der Waals surface area contributed by atoms with Gasteiger partial charge in [-0.1, -0.05) is 57.2 Å². The molecule has 3 rings (SSSR count). The number of rotatable bonds is 5. The fourth-order valence-corrected chi connectivity index (χ4v) is 4.04. The standard InChI is InChI=1S/C23H27FNP/c1-5-23(3,20-13-12-19(26)15-21(20)24)16(2)17-8-10-18(11-9-17)22-7-6-14-25(22)4/h6-16H,5,26H2,1-4H3/t16-,23-/m0/s1. The van der Waals surface area contributed by atoms with Gasteiger partial charge in [0.2, 0.25) is 0 Å². The Morgan fingerprint density at radius 1 is 1.12 bits per heavy atom. The summed E-state index contributed by atoms with van der Waals surface area (Å²) in [6.45, 7) is 6.52. The second kappa shape index (κ2) is 7.37. The summed E-state index contributed by atoms with van der Waals surface area (Å²) in [6.07, 6.45) is 2.93. The quantitative estimate of drug-likeness (QED) is 0.502. The van der Waals surface area contributed by atoms with Crippen molar-refractivity contribution in [3.8, 4) is 11.3 Å². The van der Waals surface area contributed by atoms with Gasteiger partial charge < -0.3 is 4.57 Å². The van der Waals surface area contributed by atoms with Crippen LogP contribution in [0.3, 0.4) is 0 Å². The minimum absolute atomic E-state index is 0.117. The first-order chi connectivity index (χ1) is 12.4. The molecule has 3 heteroatoms. The third kappa shape index (κ3) is 3.35. The molecular formula is C23H27FNP. The Kier molecular flexibility index (Phi) is 5.34. The van der Waals surface area contributed by atoms with Gasteiger partial charge >= 0.3 is 0 Å². The molecule has 3 aromatic rings. The molecule has 1 nitrogen and oxygen atoms in total. The lowest BCUT2D eigenvalue weighted by Crippen LogP contribution is -2.29. The van der Waals surface area contributed by atoms with E-state index in [1.165, 1.54) is 16.8 Å². The highest BCUT2D eigenvalue weighted by atomic mass is 31.0. The molecule has 26 heavy (non-hydrogen) atoms. The van der Waals surface area contributed by atoms with E-state index >= 15 is 0 Å². The SMILES string of the molecule is CC[C@](C)(c1ccc(P)cc1F)[C@@H](C)c1ccc(-c2cccn2C)cc1. The zero-order chi connectivity index (χ0) is 18.9. The first-order valence-electron chi connectivity index (χ1n) is 9.14. The van der Waals surface area contributed by atoms with E-state index in [1.807, 2.05) is 12.1 Å². The molecular weight excluding hydrogens is 340 g/mol. The predicted molar refractivity (Wildman–Crippen MR) is 113 cm³/mol. The van der Waals surface area contributed by atoms with E-state index in [4.69, 9.17) is 0 Å². The Balaban J connectivity index is 1.95. The zero-order valence-electron chi connectivity index (χ0n) is 16.0. The molecule has 136 valence electrons. The van der Waals surface area contributed by atoms with Crippen LogP contribution in [-0.2, 0) is 12.5 Å². The van der Waals surface area contributed by atoms with Gasteiger partial charge in [-0.25, -0.2) is 4.39 Å². The Morgan fingerprint density at radius 3 is 2.35 bits per heavy atom. The van der Waals surface area contributed by atoms with Crippen LogP contribution in [0, 0.1) is 5.82 Å². The van der Waals surface area contributed by atoms with Crippen molar-refractivity contribution in [2.75, 3.05) is 0 Å². The van der Waals surface area contributed by atoms with Crippen molar-refractivity contribution >= 4 is 14.5 Å². The van der Waals surface area contributed by atoms with Crippen molar-refractivity contribution in [1.29, 1.82) is 0 Å². The largest absolute Gasteiger partial charge is 0.351 e. The summed E-state index contributed by atoms with van der Waals surface area (Å²) < 4.78 is 16.8. The highest BCUT2D eigenvalue weighted by molar-refractivity contribution is 7.27. The first-order valence-corrected chi connectivity index (χ1v) is 9.71. The number of nitrogens with zero attached hydrogens (tertiary/aromatic N) is 1. The fraction of sp³-hybridized carbons (Fsp3) is 0.304. The second-order valence-electron chi connectivity index (χ2n) is 7.36. The molecule has 0 spiro atoms. The Morgan fingerprint density at radius 2 is 1.81 bits per heavy atom. The van der Waals surface area contributed by atoms with Gasteiger partial charge in [-0.15, -0.1) is 9.24 Å². The van der Waals surface area contributed by atoms with Crippen LogP contribution in [0.4, 0.5) is 4.39 Å². The first kappa shape index (κ1) is 18.9. The van der Waals surface area contributed by atoms with Crippen molar-refractivity contribution < 1.29 is 4.39 Å². The van der Waals surface area contributed by atoms with Gasteiger partial charge in [-0.05, 0) is 52.5 Å². The van der Waals surface area contributed by atoms with Crippen LogP contribution in [0.15, 0.2) is 60.8 Å². The fourth-order valence-electron chi connectivity index (χ4n) is 3.80. The molecule has 0 amide bonds. The molecule has 0 aliphatic rings. The van der Waals surface area contributed by atoms with Crippen molar-refractivity contribution in [2.24, 2.45) is 7.05 Å². The smallest absolute Gasteiger partial charge is 0.127 e. The molecule has 0 saturated heterocycles. The summed E-state index contributed by atoms with van der Waals surface area (Å²) >= 11 is 0. The molecule has 0 aliphatic heterocycles. The average molecular weight is 367 g/mol. The van der Waals surface area contributed by atoms with Crippen molar-refractivity contribution in [3.05, 3.63) is 77.7 Å². The third-order valence-electron chi connectivity index (χ3n) is 5.95. The molecule has 0 N–H and O–H groups in total. The average Bonchev–Trinajstić information content (AvgIpc) is 3.06. The monoisotopic (exact) mass is 367 g/mol. The highest BCUT2D eigenvalue weighted by Crippen LogP contribution is 2.42. The molecule has 0 radical (unpaired) electrons. The van der Waals surface area contributed by atoms with Crippen LogP contribution < -0.4 is 5.30 Å². The van der Waals surface area contributed by atoms with E-state index in [0.29, 0.717) is 0 Å². The van der Waals surface area contributed by atoms with Gasteiger partial charge in [-0.3, -0.25) is 0 Å². The lowest BCUT2D eigenvalue weighted by molar-refractivity contribution is 0.365. The Labute approximate surface area is 158 Å². The van der Waals surface area contributed by atoms with Gasteiger partial charge in [-0.2, -0.15) is 0 Å². The van der Waals surface area contributed by atoms with E-state index in [-0.39, 0.29) is 17.2 Å². The molecule has 0 bridgehead atoms. The van der Waals surface area contributed by atoms with Crippen molar-refractivity contribution in [2.45, 2.75) is 38.5 Å². The maximum atomic E-state index is 14.7. The van der Waals surface area contributed by atoms with E-state index < -0.39 is 0 Å². The van der Waals surface area contributed by atoms with Crippen LogP contribution in [0.25, 0.3) is 11.3 Å². The van der Waals surface area contributed by atoms with Gasteiger partial charge in [0.25, 0.3) is 0 Å². The van der Waals surface area contributed by atoms with E-state index in [1.54, 1.807) is 6.07 Å². The summed E-state index contributed by atoms with van der Waals surface area (Å²) in [5.41, 5.74) is 4.18. The Bertz CT molecular complexity index is 897. The molecule has 0 fully saturated rings. The number of aromatic nitrogens is 1. The van der Waals surface area contributed by atoms with Gasteiger partial charge in [0, 0.05) is 24.4 Å². The topological polar surface area (TPSA) is 4.93 Å². The van der Waals surface area contributed by atoms with E-state index in [9.17, 15) is 4.39 Å². The van der Waals surface area contributed by atoms with Crippen LogP contribution in [0.1, 0.15) is 44.2 Å². The molecule has 1 unspecified atom stereocenters. The number of benzene rings is 2.